The quantitative estimate of drug-likeness (QED) is 0.815. The average Bonchev–Trinajstić information content (AvgIpc) is 2.92. The summed E-state index contributed by atoms with van der Waals surface area (Å²) in [6.45, 7) is 8.05. The average molecular weight is 290 g/mol. The van der Waals surface area contributed by atoms with Crippen molar-refractivity contribution in [3.05, 3.63) is 34.3 Å². The maximum absolute atomic E-state index is 4.58. The van der Waals surface area contributed by atoms with Gasteiger partial charge in [0.2, 0.25) is 0 Å². The van der Waals surface area contributed by atoms with Crippen molar-refractivity contribution in [2.24, 2.45) is 0 Å². The zero-order chi connectivity index (χ0) is 14.4. The number of aromatic nitrogens is 2. The Kier molecular flexibility index (Phi) is 5.35. The van der Waals surface area contributed by atoms with Gasteiger partial charge < -0.3 is 10.6 Å². The molecule has 0 spiro atoms. The fourth-order valence-electron chi connectivity index (χ4n) is 1.85. The van der Waals surface area contributed by atoms with Gasteiger partial charge in [-0.25, -0.2) is 9.97 Å². The predicted octanol–water partition coefficient (Wildman–Crippen LogP) is 3.75. The summed E-state index contributed by atoms with van der Waals surface area (Å²) in [5, 5.41) is 8.76. The zero-order valence-corrected chi connectivity index (χ0v) is 13.1. The van der Waals surface area contributed by atoms with Gasteiger partial charge in [0.1, 0.15) is 17.5 Å². The first-order valence-corrected chi connectivity index (χ1v) is 7.96. The van der Waals surface area contributed by atoms with Crippen molar-refractivity contribution in [2.45, 2.75) is 33.1 Å². The lowest BCUT2D eigenvalue weighted by atomic mass is 10.2. The van der Waals surface area contributed by atoms with Crippen LogP contribution in [0, 0.1) is 0 Å². The van der Waals surface area contributed by atoms with Crippen molar-refractivity contribution in [1.82, 2.24) is 9.97 Å². The van der Waals surface area contributed by atoms with Crippen LogP contribution in [0.3, 0.4) is 0 Å². The molecule has 0 unspecified atom stereocenters. The number of rotatable bonds is 7. The molecule has 0 aliphatic heterocycles. The van der Waals surface area contributed by atoms with Crippen molar-refractivity contribution in [2.75, 3.05) is 23.7 Å². The van der Waals surface area contributed by atoms with E-state index in [2.05, 4.69) is 58.9 Å². The minimum Gasteiger partial charge on any atom is -0.370 e. The molecular weight excluding hydrogens is 268 g/mol. The van der Waals surface area contributed by atoms with Crippen LogP contribution in [0.4, 0.5) is 11.6 Å². The second-order valence-corrected chi connectivity index (χ2v) is 5.97. The van der Waals surface area contributed by atoms with Crippen molar-refractivity contribution in [3.8, 4) is 0 Å². The summed E-state index contributed by atoms with van der Waals surface area (Å²) in [6.07, 6.45) is 1.02. The molecule has 2 rings (SSSR count). The highest BCUT2D eigenvalue weighted by Crippen LogP contribution is 2.17. The summed E-state index contributed by atoms with van der Waals surface area (Å²) in [7, 11) is 0. The molecule has 0 aliphatic carbocycles. The van der Waals surface area contributed by atoms with Crippen LogP contribution < -0.4 is 10.6 Å². The van der Waals surface area contributed by atoms with E-state index in [0.717, 1.165) is 37.0 Å². The fourth-order valence-corrected chi connectivity index (χ4v) is 2.56. The van der Waals surface area contributed by atoms with E-state index in [1.807, 2.05) is 6.07 Å². The molecule has 0 aliphatic rings. The number of nitrogens with one attached hydrogen (secondary N) is 2. The lowest BCUT2D eigenvalue weighted by Crippen LogP contribution is -2.10. The van der Waals surface area contributed by atoms with E-state index < -0.39 is 0 Å². The molecule has 0 aromatic carbocycles. The van der Waals surface area contributed by atoms with Crippen molar-refractivity contribution < 1.29 is 0 Å². The molecule has 0 bridgehead atoms. The Hall–Kier alpha value is -1.62. The Balaban J connectivity index is 2.01. The molecule has 2 aromatic heterocycles. The molecule has 0 atom stereocenters. The lowest BCUT2D eigenvalue weighted by Gasteiger charge is -2.12. The largest absolute Gasteiger partial charge is 0.370 e. The van der Waals surface area contributed by atoms with Crippen molar-refractivity contribution in [3.63, 3.8) is 0 Å². The van der Waals surface area contributed by atoms with Gasteiger partial charge in [-0.15, -0.1) is 11.3 Å². The number of thiophene rings is 1. The molecule has 4 nitrogen and oxygen atoms in total. The highest BCUT2D eigenvalue weighted by Gasteiger charge is 2.07. The van der Waals surface area contributed by atoms with Crippen LogP contribution in [-0.2, 0) is 6.42 Å². The molecule has 2 aromatic rings. The van der Waals surface area contributed by atoms with E-state index in [0.29, 0.717) is 5.92 Å². The van der Waals surface area contributed by atoms with Gasteiger partial charge in [0.05, 0.1) is 0 Å². The van der Waals surface area contributed by atoms with E-state index in [9.17, 15) is 0 Å². The second kappa shape index (κ2) is 7.24. The van der Waals surface area contributed by atoms with Gasteiger partial charge in [0, 0.05) is 30.0 Å². The van der Waals surface area contributed by atoms with Crippen LogP contribution >= 0.6 is 11.3 Å². The summed E-state index contributed by atoms with van der Waals surface area (Å²) in [5.74, 6) is 2.99. The summed E-state index contributed by atoms with van der Waals surface area (Å²) in [4.78, 5) is 10.5. The molecule has 0 fully saturated rings. The van der Waals surface area contributed by atoms with Crippen molar-refractivity contribution in [1.29, 1.82) is 0 Å². The van der Waals surface area contributed by atoms with Crippen LogP contribution in [0.2, 0.25) is 0 Å². The standard InChI is InChI=1S/C15H22N4S/c1-4-16-13-10-14(19-15(18-13)11(2)3)17-8-7-12-6-5-9-20-12/h5-6,9-11H,4,7-8H2,1-3H3,(H2,16,17,18,19). The molecule has 2 N–H and O–H groups in total. The summed E-state index contributed by atoms with van der Waals surface area (Å²) in [6, 6.07) is 6.23. The van der Waals surface area contributed by atoms with E-state index >= 15 is 0 Å². The number of nitrogens with zero attached hydrogens (tertiary/aromatic N) is 2. The minimum absolute atomic E-state index is 0.325. The fraction of sp³-hybridized carbons (Fsp3) is 0.467. The maximum atomic E-state index is 4.58. The van der Waals surface area contributed by atoms with Gasteiger partial charge in [-0.05, 0) is 24.8 Å². The van der Waals surface area contributed by atoms with E-state index in [4.69, 9.17) is 0 Å². The Morgan fingerprint density at radius 1 is 1.20 bits per heavy atom. The second-order valence-electron chi connectivity index (χ2n) is 4.94. The zero-order valence-electron chi connectivity index (χ0n) is 12.3. The molecular formula is C15H22N4S. The van der Waals surface area contributed by atoms with E-state index in [1.54, 1.807) is 11.3 Å². The summed E-state index contributed by atoms with van der Waals surface area (Å²) in [5.41, 5.74) is 0. The van der Waals surface area contributed by atoms with E-state index in [1.165, 1.54) is 4.88 Å². The summed E-state index contributed by atoms with van der Waals surface area (Å²) >= 11 is 1.79. The third-order valence-electron chi connectivity index (χ3n) is 2.88. The summed E-state index contributed by atoms with van der Waals surface area (Å²) < 4.78 is 0. The van der Waals surface area contributed by atoms with Gasteiger partial charge >= 0.3 is 0 Å². The van der Waals surface area contributed by atoms with Gasteiger partial charge in [-0.2, -0.15) is 0 Å². The number of hydrogen-bond donors (Lipinski definition) is 2. The van der Waals surface area contributed by atoms with Crippen LogP contribution in [0.5, 0.6) is 0 Å². The maximum Gasteiger partial charge on any atom is 0.135 e. The molecule has 0 saturated heterocycles. The first-order chi connectivity index (χ1) is 9.69. The van der Waals surface area contributed by atoms with Gasteiger partial charge in [0.25, 0.3) is 0 Å². The van der Waals surface area contributed by atoms with Gasteiger partial charge in [-0.3, -0.25) is 0 Å². The van der Waals surface area contributed by atoms with Crippen molar-refractivity contribution >= 4 is 23.0 Å². The molecule has 0 radical (unpaired) electrons. The van der Waals surface area contributed by atoms with Crippen LogP contribution in [0.25, 0.3) is 0 Å². The molecule has 0 saturated carbocycles. The molecule has 5 heteroatoms. The van der Waals surface area contributed by atoms with Gasteiger partial charge in [0.15, 0.2) is 0 Å². The van der Waals surface area contributed by atoms with Crippen LogP contribution in [0.1, 0.15) is 37.4 Å². The normalized spacial score (nSPS) is 10.8. The monoisotopic (exact) mass is 290 g/mol. The molecule has 2 heterocycles. The molecule has 20 heavy (non-hydrogen) atoms. The minimum atomic E-state index is 0.325. The number of anilines is 2. The molecule has 108 valence electrons. The highest BCUT2D eigenvalue weighted by molar-refractivity contribution is 7.09. The van der Waals surface area contributed by atoms with Crippen LogP contribution in [0.15, 0.2) is 23.6 Å². The first-order valence-electron chi connectivity index (χ1n) is 7.08. The first kappa shape index (κ1) is 14.8. The van der Waals surface area contributed by atoms with Crippen LogP contribution in [-0.4, -0.2) is 23.1 Å². The van der Waals surface area contributed by atoms with E-state index in [-0.39, 0.29) is 0 Å². The van der Waals surface area contributed by atoms with Gasteiger partial charge in [-0.1, -0.05) is 19.9 Å². The predicted molar refractivity (Wildman–Crippen MR) is 86.8 cm³/mol. The topological polar surface area (TPSA) is 49.8 Å². The third-order valence-corrected chi connectivity index (χ3v) is 3.81. The Morgan fingerprint density at radius 3 is 2.55 bits per heavy atom. The third kappa shape index (κ3) is 4.20. The lowest BCUT2D eigenvalue weighted by molar-refractivity contribution is 0.774. The highest BCUT2D eigenvalue weighted by atomic mass is 32.1. The Morgan fingerprint density at radius 2 is 1.95 bits per heavy atom. The smallest absolute Gasteiger partial charge is 0.135 e. The SMILES string of the molecule is CCNc1cc(NCCc2cccs2)nc(C(C)C)n1. The number of hydrogen-bond acceptors (Lipinski definition) is 5. The Labute approximate surface area is 124 Å². The molecule has 0 amide bonds. The Bertz CT molecular complexity index is 523.